The van der Waals surface area contributed by atoms with Gasteiger partial charge in [-0.25, -0.2) is 4.98 Å². The summed E-state index contributed by atoms with van der Waals surface area (Å²) in [7, 11) is 0. The number of thioether (sulfide) groups is 1. The van der Waals surface area contributed by atoms with E-state index in [2.05, 4.69) is 96.6 Å². The molecule has 2 aromatic heterocycles. The molecule has 190 valence electrons. The third-order valence-corrected chi connectivity index (χ3v) is 7.49. The van der Waals surface area contributed by atoms with Gasteiger partial charge < -0.3 is 10.3 Å². The fourth-order valence-corrected chi connectivity index (χ4v) is 5.53. The first kappa shape index (κ1) is 26.7. The number of pyridine rings is 1. The van der Waals surface area contributed by atoms with Crippen molar-refractivity contribution in [1.82, 2.24) is 20.3 Å². The molecule has 3 aromatic rings. The molecule has 0 saturated heterocycles. The Bertz CT molecular complexity index is 1400. The highest BCUT2D eigenvalue weighted by Gasteiger charge is 2.17. The molecule has 1 unspecified atom stereocenters. The third-order valence-electron chi connectivity index (χ3n) is 6.31. The van der Waals surface area contributed by atoms with Gasteiger partial charge in [0.1, 0.15) is 0 Å². The van der Waals surface area contributed by atoms with Gasteiger partial charge in [-0.1, -0.05) is 63.1 Å². The lowest BCUT2D eigenvalue weighted by Gasteiger charge is -2.12. The third kappa shape index (κ3) is 6.71. The molecular weight excluding hydrogens is 472 g/mol. The van der Waals surface area contributed by atoms with Crippen molar-refractivity contribution in [3.05, 3.63) is 88.9 Å². The fraction of sp³-hybridized carbons (Fsp3) is 0.312. The molecule has 0 saturated carbocycles. The van der Waals surface area contributed by atoms with E-state index in [1.54, 1.807) is 6.33 Å². The summed E-state index contributed by atoms with van der Waals surface area (Å²) in [6.45, 7) is 10.5. The molecule has 1 aliphatic heterocycles. The van der Waals surface area contributed by atoms with Crippen LogP contribution in [-0.2, 0) is 5.75 Å². The normalized spacial score (nSPS) is 15.5. The van der Waals surface area contributed by atoms with Crippen molar-refractivity contribution in [3.63, 3.8) is 0 Å². The van der Waals surface area contributed by atoms with Crippen molar-refractivity contribution in [1.29, 1.82) is 0 Å². The van der Waals surface area contributed by atoms with Crippen LogP contribution in [0.2, 0.25) is 0 Å². The molecule has 1 aromatic carbocycles. The molecule has 5 heteroatoms. The van der Waals surface area contributed by atoms with E-state index in [4.69, 9.17) is 11.4 Å². The summed E-state index contributed by atoms with van der Waals surface area (Å²) in [5.74, 6) is 4.22. The predicted molar refractivity (Wildman–Crippen MR) is 160 cm³/mol. The molecule has 37 heavy (non-hydrogen) atoms. The number of fused-ring (bicyclic) bond motifs is 1. The van der Waals surface area contributed by atoms with Crippen molar-refractivity contribution in [2.24, 2.45) is 11.8 Å². The van der Waals surface area contributed by atoms with Crippen LogP contribution in [0.4, 0.5) is 0 Å². The Morgan fingerprint density at radius 1 is 1.22 bits per heavy atom. The highest BCUT2D eigenvalue weighted by atomic mass is 32.2. The summed E-state index contributed by atoms with van der Waals surface area (Å²) in [4.78, 5) is 14.1. The molecule has 1 atom stereocenters. The summed E-state index contributed by atoms with van der Waals surface area (Å²) in [6, 6.07) is 8.63. The van der Waals surface area contributed by atoms with E-state index in [0.717, 1.165) is 58.7 Å². The van der Waals surface area contributed by atoms with Crippen molar-refractivity contribution in [2.45, 2.75) is 39.9 Å². The quantitative estimate of drug-likeness (QED) is 0.219. The zero-order chi connectivity index (χ0) is 26.2. The first-order chi connectivity index (χ1) is 18.0. The van der Waals surface area contributed by atoms with Gasteiger partial charge in [0.25, 0.3) is 0 Å². The number of imidazole rings is 1. The average molecular weight is 509 g/mol. The number of hydrogen-bond acceptors (Lipinski definition) is 4. The Labute approximate surface area is 225 Å². The van der Waals surface area contributed by atoms with Gasteiger partial charge in [-0.3, -0.25) is 4.98 Å². The standard InChI is InChI=1S/C32H36N4S/c1-6-8-9-10-28(23(5)7-2)32-31(35-21-36-32)25-11-12-29-27(17-25)16-24(18-34-29)20-37-30(15-22(3)4)26-13-14-33-19-26/h2,8-13,15-18,21-23,33H,6,14,19-20H2,1,3-5H3,(H,35,36)/b9-8-,28-10+,30-15-. The smallest absolute Gasteiger partial charge is 0.0933 e. The first-order valence-corrected chi connectivity index (χ1v) is 14.0. The van der Waals surface area contributed by atoms with Crippen molar-refractivity contribution >= 4 is 28.2 Å². The van der Waals surface area contributed by atoms with Crippen molar-refractivity contribution < 1.29 is 0 Å². The summed E-state index contributed by atoms with van der Waals surface area (Å²) in [5.41, 5.74) is 7.58. The molecule has 4 nitrogen and oxygen atoms in total. The molecule has 0 radical (unpaired) electrons. The lowest BCUT2D eigenvalue weighted by Crippen LogP contribution is -2.08. The fourth-order valence-electron chi connectivity index (χ4n) is 4.34. The number of terminal acetylenes is 1. The van der Waals surface area contributed by atoms with Gasteiger partial charge in [0.05, 0.1) is 23.2 Å². The molecule has 0 bridgehead atoms. The van der Waals surface area contributed by atoms with Crippen LogP contribution < -0.4 is 5.32 Å². The number of allylic oxidation sites excluding steroid dienone is 5. The average Bonchev–Trinajstić information content (AvgIpc) is 3.61. The van der Waals surface area contributed by atoms with Gasteiger partial charge in [0, 0.05) is 46.8 Å². The second-order valence-electron chi connectivity index (χ2n) is 9.65. The largest absolute Gasteiger partial charge is 0.344 e. The number of aromatic amines is 1. The number of H-pyrrole nitrogens is 1. The molecule has 3 heterocycles. The maximum absolute atomic E-state index is 5.81. The predicted octanol–water partition coefficient (Wildman–Crippen LogP) is 7.55. The summed E-state index contributed by atoms with van der Waals surface area (Å²) in [5, 5.41) is 4.54. The second-order valence-corrected chi connectivity index (χ2v) is 10.7. The van der Waals surface area contributed by atoms with Crippen LogP contribution in [0, 0.1) is 24.2 Å². The van der Waals surface area contributed by atoms with Crippen LogP contribution in [0.1, 0.15) is 45.4 Å². The molecule has 0 spiro atoms. The summed E-state index contributed by atoms with van der Waals surface area (Å²) >= 11 is 1.90. The second kappa shape index (κ2) is 12.8. The summed E-state index contributed by atoms with van der Waals surface area (Å²) < 4.78 is 0. The first-order valence-electron chi connectivity index (χ1n) is 13.0. The highest BCUT2D eigenvalue weighted by Crippen LogP contribution is 2.33. The number of nitrogens with one attached hydrogen (secondary N) is 2. The van der Waals surface area contributed by atoms with Crippen LogP contribution in [0.15, 0.2) is 77.6 Å². The Hall–Kier alpha value is -3.33. The number of rotatable bonds is 10. The molecule has 4 rings (SSSR count). The number of hydrogen-bond donors (Lipinski definition) is 2. The molecule has 1 aliphatic rings. The molecule has 0 fully saturated rings. The molecule has 2 N–H and O–H groups in total. The van der Waals surface area contributed by atoms with E-state index in [1.807, 2.05) is 24.9 Å². The molecule has 0 aliphatic carbocycles. The Morgan fingerprint density at radius 3 is 2.81 bits per heavy atom. The maximum Gasteiger partial charge on any atom is 0.0933 e. The lowest BCUT2D eigenvalue weighted by atomic mass is 9.94. The monoisotopic (exact) mass is 508 g/mol. The lowest BCUT2D eigenvalue weighted by molar-refractivity contribution is 0.826. The van der Waals surface area contributed by atoms with E-state index in [0.29, 0.717) is 5.92 Å². The van der Waals surface area contributed by atoms with Gasteiger partial charge in [0.2, 0.25) is 0 Å². The van der Waals surface area contributed by atoms with Gasteiger partial charge in [-0.15, -0.1) is 18.2 Å². The minimum Gasteiger partial charge on any atom is -0.344 e. The van der Waals surface area contributed by atoms with E-state index >= 15 is 0 Å². The van der Waals surface area contributed by atoms with Gasteiger partial charge in [0.15, 0.2) is 0 Å². The van der Waals surface area contributed by atoms with Crippen LogP contribution >= 0.6 is 11.8 Å². The SMILES string of the molecule is C#CC(C)/C(=C\C=C/CC)c1nc[nH]c1-c1ccc2ncc(CS/C(=C\C(C)C)C3=CCNC3)cc2c1. The Balaban J connectivity index is 1.63. The van der Waals surface area contributed by atoms with E-state index in [9.17, 15) is 0 Å². The minimum atomic E-state index is -0.0485. The zero-order valence-corrected chi connectivity index (χ0v) is 23.0. The van der Waals surface area contributed by atoms with E-state index in [-0.39, 0.29) is 5.92 Å². The van der Waals surface area contributed by atoms with E-state index in [1.165, 1.54) is 16.0 Å². The molecule has 0 amide bonds. The summed E-state index contributed by atoms with van der Waals surface area (Å²) in [6.07, 6.45) is 21.5. The van der Waals surface area contributed by atoms with Crippen molar-refractivity contribution in [3.8, 4) is 23.6 Å². The van der Waals surface area contributed by atoms with Gasteiger partial charge in [-0.05, 0) is 54.2 Å². The maximum atomic E-state index is 5.81. The van der Waals surface area contributed by atoms with E-state index < -0.39 is 0 Å². The Kier molecular flexibility index (Phi) is 9.22. The Morgan fingerprint density at radius 2 is 2.08 bits per heavy atom. The topological polar surface area (TPSA) is 53.6 Å². The zero-order valence-electron chi connectivity index (χ0n) is 22.2. The van der Waals surface area contributed by atoms with Crippen LogP contribution in [-0.4, -0.2) is 28.0 Å². The number of aromatic nitrogens is 3. The minimum absolute atomic E-state index is 0.0485. The molecular formula is C32H36N4S. The number of benzene rings is 1. The van der Waals surface area contributed by atoms with Crippen LogP contribution in [0.5, 0.6) is 0 Å². The van der Waals surface area contributed by atoms with Gasteiger partial charge >= 0.3 is 0 Å². The number of nitrogens with zero attached hydrogens (tertiary/aromatic N) is 2. The van der Waals surface area contributed by atoms with Crippen LogP contribution in [0.3, 0.4) is 0 Å². The highest BCUT2D eigenvalue weighted by molar-refractivity contribution is 8.02. The van der Waals surface area contributed by atoms with Crippen LogP contribution in [0.25, 0.3) is 27.7 Å². The van der Waals surface area contributed by atoms with Crippen molar-refractivity contribution in [2.75, 3.05) is 13.1 Å². The van der Waals surface area contributed by atoms with Gasteiger partial charge in [-0.2, -0.15) is 0 Å².